The minimum absolute atomic E-state index is 0. The molecule has 0 unspecified atom stereocenters. The Morgan fingerprint density at radius 3 is 0.778 bits per heavy atom. The van der Waals surface area contributed by atoms with E-state index in [1.807, 2.05) is 0 Å². The molecule has 0 spiro atoms. The summed E-state index contributed by atoms with van der Waals surface area (Å²) in [5, 5.41) is 27.4. The van der Waals surface area contributed by atoms with Gasteiger partial charge in [-0.3, -0.25) is 0 Å². The number of carboxylic acid groups (broad SMARTS) is 3. The van der Waals surface area contributed by atoms with Gasteiger partial charge in [0.1, 0.15) is 0 Å². The zero-order valence-corrected chi connectivity index (χ0v) is 12.2. The molecule has 18 heavy (non-hydrogen) atoms. The van der Waals surface area contributed by atoms with Crippen molar-refractivity contribution in [2.75, 3.05) is 19.6 Å². The van der Waals surface area contributed by atoms with Crippen molar-refractivity contribution in [1.29, 1.82) is 0 Å². The quantitative estimate of drug-likeness (QED) is 0.375. The first-order valence-corrected chi connectivity index (χ1v) is 4.72. The summed E-state index contributed by atoms with van der Waals surface area (Å²) in [6.45, 7) is -1.17. The van der Waals surface area contributed by atoms with Gasteiger partial charge in [0.05, 0.1) is 17.9 Å². The van der Waals surface area contributed by atoms with E-state index in [1.165, 1.54) is 0 Å². The van der Waals surface area contributed by atoms with E-state index >= 15 is 0 Å². The zero-order valence-electron chi connectivity index (χ0n) is 9.71. The third-order valence-electron chi connectivity index (χ3n) is 0.500. The van der Waals surface area contributed by atoms with Crippen LogP contribution in [0.15, 0.2) is 0 Å². The zero-order chi connectivity index (χ0) is 14.9. The van der Waals surface area contributed by atoms with Crippen molar-refractivity contribution in [1.82, 2.24) is 6.15 Å². The van der Waals surface area contributed by atoms with Crippen LogP contribution in [0.3, 0.4) is 0 Å². The summed E-state index contributed by atoms with van der Waals surface area (Å²) in [4.78, 5) is 27.4. The van der Waals surface area contributed by atoms with Gasteiger partial charge in [0.25, 0.3) is 0 Å². The number of quaternary nitrogens is 1. The minimum atomic E-state index is -1.22. The molecule has 12 heteroatoms. The summed E-state index contributed by atoms with van der Waals surface area (Å²) >= 11 is 0.300. The van der Waals surface area contributed by atoms with Crippen molar-refractivity contribution in [3.8, 4) is 0 Å². The number of carboxylic acids is 3. The monoisotopic (exact) mass is 346 g/mol. The molecule has 0 aliphatic rings. The average Bonchev–Trinajstić information content (AvgIpc) is 2.32. The second-order valence-corrected chi connectivity index (χ2v) is 1.73. The number of carbonyl (C=O) groups excluding carboxylic acids is 3. The van der Waals surface area contributed by atoms with Crippen LogP contribution in [0.25, 0.3) is 0 Å². The SMILES string of the molecule is NCC(=O)[O-].NCC(=O)[O-].NCC(=O)[O-].[NH4+].[O]=[Zr+2]. The van der Waals surface area contributed by atoms with Crippen LogP contribution in [0.1, 0.15) is 0 Å². The Morgan fingerprint density at radius 2 is 0.778 bits per heavy atom. The molecule has 0 aromatic heterocycles. The standard InChI is InChI=1S/3C2H5NO2.H3N.O.Zr/c3*3-1-2(4)5;;;/h3*1,3H2,(H,4,5);1H3;;/q;;;;;+2/p-2. The Labute approximate surface area is 118 Å². The molecule has 0 heterocycles. The molecule has 0 radical (unpaired) electrons. The third-order valence-corrected chi connectivity index (χ3v) is 0.500. The molecule has 0 atom stereocenters. The fourth-order valence-electron chi connectivity index (χ4n) is 0. The van der Waals surface area contributed by atoms with Crippen molar-refractivity contribution in [3.05, 3.63) is 0 Å². The summed E-state index contributed by atoms with van der Waals surface area (Å²) in [6.07, 6.45) is 0. The predicted octanol–water partition coefficient (Wildman–Crippen LogP) is -6.66. The van der Waals surface area contributed by atoms with Crippen molar-refractivity contribution >= 4 is 17.9 Å². The molecule has 0 aliphatic heterocycles. The van der Waals surface area contributed by atoms with Crippen LogP contribution in [0.4, 0.5) is 0 Å². The van der Waals surface area contributed by atoms with Crippen LogP contribution in [0.2, 0.25) is 0 Å². The normalized spacial score (nSPS) is 6.50. The van der Waals surface area contributed by atoms with Crippen LogP contribution in [0.5, 0.6) is 0 Å². The number of hydrogen-bond donors (Lipinski definition) is 4. The van der Waals surface area contributed by atoms with Crippen molar-refractivity contribution in [2.24, 2.45) is 17.2 Å². The van der Waals surface area contributed by atoms with E-state index in [0.29, 0.717) is 24.7 Å². The van der Waals surface area contributed by atoms with Gasteiger partial charge in [-0.1, -0.05) is 0 Å². The van der Waals surface area contributed by atoms with E-state index in [0.717, 1.165) is 0 Å². The number of aliphatic carboxylic acids is 3. The van der Waals surface area contributed by atoms with Gasteiger partial charge in [-0.25, -0.2) is 0 Å². The average molecular weight is 347 g/mol. The summed E-state index contributed by atoms with van der Waals surface area (Å²) in [5.41, 5.74) is 13.5. The Kier molecular flexibility index (Phi) is 49.9. The van der Waals surface area contributed by atoms with Crippen LogP contribution >= 0.6 is 0 Å². The molecule has 0 saturated carbocycles. The van der Waals surface area contributed by atoms with Gasteiger partial charge in [0.15, 0.2) is 0 Å². The second-order valence-electron chi connectivity index (χ2n) is 1.73. The van der Waals surface area contributed by atoms with E-state index < -0.39 is 17.9 Å². The second kappa shape index (κ2) is 29.7. The van der Waals surface area contributed by atoms with E-state index in [9.17, 15) is 0 Å². The molecule has 0 amide bonds. The number of carbonyl (C=O) groups is 3. The van der Waals surface area contributed by atoms with Crippen molar-refractivity contribution in [3.63, 3.8) is 0 Å². The topological polar surface area (TPSA) is 252 Å². The molecule has 0 fully saturated rings. The van der Waals surface area contributed by atoms with Crippen LogP contribution in [-0.4, -0.2) is 37.5 Å². The first-order chi connectivity index (χ1) is 7.81. The molecular weight excluding hydrogens is 331 g/mol. The summed E-state index contributed by atoms with van der Waals surface area (Å²) in [6, 6.07) is 0. The number of hydrogen-bond acceptors (Lipinski definition) is 10. The summed E-state index contributed by atoms with van der Waals surface area (Å²) in [7, 11) is 0. The molecule has 0 aromatic rings. The van der Waals surface area contributed by atoms with Gasteiger partial charge in [0.2, 0.25) is 0 Å². The maximum atomic E-state index is 9.13. The van der Waals surface area contributed by atoms with Gasteiger partial charge >= 0.3 is 27.5 Å². The number of rotatable bonds is 3. The van der Waals surface area contributed by atoms with Gasteiger partial charge in [-0.05, 0) is 0 Å². The Morgan fingerprint density at radius 1 is 0.722 bits per heavy atom. The van der Waals surface area contributed by atoms with Crippen LogP contribution in [0, 0.1) is 0 Å². The van der Waals surface area contributed by atoms with Gasteiger partial charge < -0.3 is 53.1 Å². The van der Waals surface area contributed by atoms with E-state index in [1.54, 1.807) is 0 Å². The van der Waals surface area contributed by atoms with E-state index in [2.05, 4.69) is 17.2 Å². The first-order valence-electron chi connectivity index (χ1n) is 3.71. The molecule has 11 nitrogen and oxygen atoms in total. The fraction of sp³-hybridized carbons (Fsp3) is 0.500. The fourth-order valence-corrected chi connectivity index (χ4v) is 0. The van der Waals surface area contributed by atoms with Crippen LogP contribution < -0.4 is 38.7 Å². The Balaban J connectivity index is -0.0000000427. The van der Waals surface area contributed by atoms with Crippen molar-refractivity contribution in [2.45, 2.75) is 0 Å². The van der Waals surface area contributed by atoms with Crippen molar-refractivity contribution < 1.29 is 57.2 Å². The molecule has 106 valence electrons. The molecule has 10 N–H and O–H groups in total. The molecular formula is C6H16N4O7Zr. The predicted molar refractivity (Wildman–Crippen MR) is 48.9 cm³/mol. The summed E-state index contributed by atoms with van der Waals surface area (Å²) in [5.74, 6) is -3.65. The first kappa shape index (κ1) is 30.2. The van der Waals surface area contributed by atoms with Gasteiger partial charge in [0, 0.05) is 19.6 Å². The molecule has 0 rings (SSSR count). The van der Waals surface area contributed by atoms with Gasteiger partial charge in [-0.2, -0.15) is 0 Å². The Hall–Kier alpha value is -1.07. The van der Waals surface area contributed by atoms with Crippen LogP contribution in [-0.2, 0) is 41.9 Å². The van der Waals surface area contributed by atoms with E-state index in [-0.39, 0.29) is 25.8 Å². The molecule has 0 aliphatic carbocycles. The number of nitrogens with two attached hydrogens (primary N) is 3. The Bertz CT molecular complexity index is 183. The molecule has 0 saturated heterocycles. The molecule has 0 aromatic carbocycles. The third kappa shape index (κ3) is 119. The van der Waals surface area contributed by atoms with E-state index in [4.69, 9.17) is 32.5 Å². The van der Waals surface area contributed by atoms with Gasteiger partial charge in [-0.15, -0.1) is 0 Å². The summed E-state index contributed by atoms with van der Waals surface area (Å²) < 4.78 is 8.34. The molecule has 0 bridgehead atoms. The maximum absolute atomic E-state index is 9.13.